The topological polar surface area (TPSA) is 82.2 Å². The van der Waals surface area contributed by atoms with Gasteiger partial charge in [0, 0.05) is 38.3 Å². The van der Waals surface area contributed by atoms with Crippen molar-refractivity contribution in [3.8, 4) is 11.4 Å². The van der Waals surface area contributed by atoms with Crippen LogP contribution in [0.3, 0.4) is 0 Å². The third-order valence-corrected chi connectivity index (χ3v) is 5.57. The number of hydrogen-bond donors (Lipinski definition) is 1. The number of carbonyl (C=O) groups excluding carboxylic acids is 2. The molecule has 142 valence electrons. The third-order valence-electron chi connectivity index (χ3n) is 5.57. The highest BCUT2D eigenvalue weighted by atomic mass is 16.2. The zero-order valence-corrected chi connectivity index (χ0v) is 15.4. The highest BCUT2D eigenvalue weighted by molar-refractivity contribution is 5.93. The van der Waals surface area contributed by atoms with Crippen molar-refractivity contribution in [2.24, 2.45) is 5.92 Å². The van der Waals surface area contributed by atoms with Gasteiger partial charge in [0.2, 0.25) is 5.91 Å². The molecule has 1 saturated carbocycles. The molecule has 0 aromatic carbocycles. The molecular weight excluding hydrogens is 342 g/mol. The first-order chi connectivity index (χ1) is 13.2. The zero-order chi connectivity index (χ0) is 18.6. The summed E-state index contributed by atoms with van der Waals surface area (Å²) in [5, 5.41) is 7.03. The molecule has 7 heteroatoms. The van der Waals surface area contributed by atoms with Gasteiger partial charge in [-0.25, -0.2) is 0 Å². The quantitative estimate of drug-likeness (QED) is 0.903. The summed E-state index contributed by atoms with van der Waals surface area (Å²) >= 11 is 0. The number of aromatic amines is 1. The van der Waals surface area contributed by atoms with E-state index in [1.165, 1.54) is 6.42 Å². The Balaban J connectivity index is 1.35. The fraction of sp³-hybridized carbons (Fsp3) is 0.500. The molecule has 2 aromatic rings. The van der Waals surface area contributed by atoms with Crippen LogP contribution >= 0.6 is 0 Å². The average Bonchev–Trinajstić information content (AvgIpc) is 3.24. The number of pyridine rings is 1. The highest BCUT2D eigenvalue weighted by Gasteiger charge is 2.30. The van der Waals surface area contributed by atoms with Gasteiger partial charge in [-0.15, -0.1) is 0 Å². The molecule has 3 heterocycles. The maximum atomic E-state index is 12.8. The van der Waals surface area contributed by atoms with E-state index in [0.717, 1.165) is 31.4 Å². The number of hydrogen-bond acceptors (Lipinski definition) is 4. The molecule has 0 radical (unpaired) electrons. The van der Waals surface area contributed by atoms with E-state index >= 15 is 0 Å². The van der Waals surface area contributed by atoms with E-state index in [2.05, 4.69) is 15.2 Å². The van der Waals surface area contributed by atoms with Crippen LogP contribution < -0.4 is 0 Å². The number of H-pyrrole nitrogens is 1. The molecular formula is C20H25N5O2. The predicted molar refractivity (Wildman–Crippen MR) is 101 cm³/mol. The van der Waals surface area contributed by atoms with E-state index in [1.54, 1.807) is 17.2 Å². The fourth-order valence-corrected chi connectivity index (χ4v) is 3.98. The van der Waals surface area contributed by atoms with E-state index in [1.807, 2.05) is 23.1 Å². The van der Waals surface area contributed by atoms with Gasteiger partial charge in [-0.1, -0.05) is 25.3 Å². The minimum Gasteiger partial charge on any atom is -0.339 e. The summed E-state index contributed by atoms with van der Waals surface area (Å²) in [6, 6.07) is 7.33. The average molecular weight is 367 g/mol. The van der Waals surface area contributed by atoms with E-state index in [0.29, 0.717) is 37.6 Å². The van der Waals surface area contributed by atoms with Crippen LogP contribution in [0.15, 0.2) is 30.5 Å². The van der Waals surface area contributed by atoms with Gasteiger partial charge in [0.05, 0.1) is 5.69 Å². The van der Waals surface area contributed by atoms with Crippen LogP contribution in [-0.2, 0) is 4.79 Å². The molecule has 0 bridgehead atoms. The van der Waals surface area contributed by atoms with Crippen molar-refractivity contribution in [2.75, 3.05) is 26.2 Å². The molecule has 27 heavy (non-hydrogen) atoms. The highest BCUT2D eigenvalue weighted by Crippen LogP contribution is 2.26. The van der Waals surface area contributed by atoms with Gasteiger partial charge >= 0.3 is 0 Å². The van der Waals surface area contributed by atoms with Crippen molar-refractivity contribution in [1.82, 2.24) is 25.0 Å². The Morgan fingerprint density at radius 3 is 2.41 bits per heavy atom. The summed E-state index contributed by atoms with van der Waals surface area (Å²) in [5.74, 6) is 0.393. The molecule has 1 N–H and O–H groups in total. The van der Waals surface area contributed by atoms with Crippen LogP contribution in [0.1, 0.15) is 42.6 Å². The summed E-state index contributed by atoms with van der Waals surface area (Å²) < 4.78 is 0. The second kappa shape index (κ2) is 7.90. The molecule has 1 saturated heterocycles. The van der Waals surface area contributed by atoms with Gasteiger partial charge in [-0.05, 0) is 31.0 Å². The summed E-state index contributed by atoms with van der Waals surface area (Å²) in [6.45, 7) is 2.36. The molecule has 2 aliphatic rings. The summed E-state index contributed by atoms with van der Waals surface area (Å²) in [6.07, 6.45) is 7.30. The second-order valence-electron chi connectivity index (χ2n) is 7.33. The number of carbonyl (C=O) groups is 2. The van der Waals surface area contributed by atoms with Crippen molar-refractivity contribution >= 4 is 11.8 Å². The predicted octanol–water partition coefficient (Wildman–Crippen LogP) is 2.34. The largest absolute Gasteiger partial charge is 0.339 e. The lowest BCUT2D eigenvalue weighted by molar-refractivity contribution is -0.138. The van der Waals surface area contributed by atoms with Crippen molar-refractivity contribution < 1.29 is 9.59 Å². The molecule has 0 unspecified atom stereocenters. The Kier molecular flexibility index (Phi) is 5.18. The minimum atomic E-state index is -0.0746. The van der Waals surface area contributed by atoms with E-state index < -0.39 is 0 Å². The molecule has 1 aliphatic heterocycles. The Bertz CT molecular complexity index is 790. The molecule has 1 aliphatic carbocycles. The summed E-state index contributed by atoms with van der Waals surface area (Å²) in [5.41, 5.74) is 1.85. The molecule has 7 nitrogen and oxygen atoms in total. The number of piperazine rings is 1. The first-order valence-corrected chi connectivity index (χ1v) is 9.77. The van der Waals surface area contributed by atoms with E-state index in [9.17, 15) is 9.59 Å². The third kappa shape index (κ3) is 3.86. The van der Waals surface area contributed by atoms with Gasteiger partial charge in [-0.3, -0.25) is 19.7 Å². The Morgan fingerprint density at radius 2 is 1.70 bits per heavy atom. The molecule has 0 atom stereocenters. The van der Waals surface area contributed by atoms with Crippen LogP contribution in [0.25, 0.3) is 11.4 Å². The van der Waals surface area contributed by atoms with Crippen LogP contribution in [0.2, 0.25) is 0 Å². The van der Waals surface area contributed by atoms with Gasteiger partial charge in [0.15, 0.2) is 0 Å². The minimum absolute atomic E-state index is 0.0746. The molecule has 0 spiro atoms. The van der Waals surface area contributed by atoms with Crippen LogP contribution in [0.5, 0.6) is 0 Å². The van der Waals surface area contributed by atoms with Crippen LogP contribution in [0, 0.1) is 5.92 Å². The van der Waals surface area contributed by atoms with Crippen LogP contribution in [0.4, 0.5) is 0 Å². The van der Waals surface area contributed by atoms with Gasteiger partial charge in [0.1, 0.15) is 11.4 Å². The lowest BCUT2D eigenvalue weighted by Gasteiger charge is -2.37. The number of amides is 2. The maximum absolute atomic E-state index is 12.8. The second-order valence-corrected chi connectivity index (χ2v) is 7.33. The number of nitrogens with zero attached hydrogens (tertiary/aromatic N) is 4. The number of rotatable bonds is 3. The van der Waals surface area contributed by atoms with Crippen molar-refractivity contribution in [2.45, 2.75) is 32.1 Å². The zero-order valence-electron chi connectivity index (χ0n) is 15.4. The SMILES string of the molecule is O=C(c1cc(-c2ccccn2)n[nH]1)N1CCN(C(=O)C2CCCCC2)CC1. The summed E-state index contributed by atoms with van der Waals surface area (Å²) in [7, 11) is 0. The Morgan fingerprint density at radius 1 is 0.963 bits per heavy atom. The first kappa shape index (κ1) is 17.7. The molecule has 2 aromatic heterocycles. The van der Waals surface area contributed by atoms with E-state index in [4.69, 9.17) is 0 Å². The summed E-state index contributed by atoms with van der Waals surface area (Å²) in [4.78, 5) is 33.4. The standard InChI is InChI=1S/C20H25N5O2/c26-19(15-6-2-1-3-7-15)24-10-12-25(13-11-24)20(27)18-14-17(22-23-18)16-8-4-5-9-21-16/h4-5,8-9,14-15H,1-3,6-7,10-13H2,(H,22,23). The van der Waals surface area contributed by atoms with Gasteiger partial charge in [0.25, 0.3) is 5.91 Å². The van der Waals surface area contributed by atoms with Gasteiger partial charge in [-0.2, -0.15) is 5.10 Å². The van der Waals surface area contributed by atoms with Crippen molar-refractivity contribution in [3.05, 3.63) is 36.2 Å². The van der Waals surface area contributed by atoms with E-state index in [-0.39, 0.29) is 17.7 Å². The first-order valence-electron chi connectivity index (χ1n) is 9.77. The lowest BCUT2D eigenvalue weighted by Crippen LogP contribution is -2.52. The normalized spacial score (nSPS) is 18.5. The monoisotopic (exact) mass is 367 g/mol. The lowest BCUT2D eigenvalue weighted by atomic mass is 9.88. The fourth-order valence-electron chi connectivity index (χ4n) is 3.98. The maximum Gasteiger partial charge on any atom is 0.272 e. The Labute approximate surface area is 158 Å². The van der Waals surface area contributed by atoms with Crippen LogP contribution in [-0.4, -0.2) is 63.0 Å². The smallest absolute Gasteiger partial charge is 0.272 e. The Hall–Kier alpha value is -2.70. The van der Waals surface area contributed by atoms with Gasteiger partial charge < -0.3 is 9.80 Å². The molecule has 2 amide bonds. The number of nitrogens with one attached hydrogen (secondary N) is 1. The number of aromatic nitrogens is 3. The molecule has 2 fully saturated rings. The van der Waals surface area contributed by atoms with Crippen molar-refractivity contribution in [3.63, 3.8) is 0 Å². The molecule has 4 rings (SSSR count). The van der Waals surface area contributed by atoms with Crippen molar-refractivity contribution in [1.29, 1.82) is 0 Å².